The molecule has 0 radical (unpaired) electrons. The van der Waals surface area contributed by atoms with Gasteiger partial charge in [0.1, 0.15) is 4.90 Å². The smallest absolute Gasteiger partial charge is 0.269 e. The average Bonchev–Trinajstić information content (AvgIpc) is 3.03. The fourth-order valence-corrected chi connectivity index (χ4v) is 4.07. The normalized spacial score (nSPS) is 11.4. The number of aryl methyl sites for hydroxylation is 1. The van der Waals surface area contributed by atoms with Crippen LogP contribution >= 0.6 is 0 Å². The van der Waals surface area contributed by atoms with E-state index in [1.54, 1.807) is 12.1 Å². The van der Waals surface area contributed by atoms with Gasteiger partial charge in [0.2, 0.25) is 0 Å². The summed E-state index contributed by atoms with van der Waals surface area (Å²) < 4.78 is 29.4. The molecule has 3 rings (SSSR count). The molecule has 6 nitrogen and oxygen atoms in total. The lowest BCUT2D eigenvalue weighted by Crippen LogP contribution is -2.30. The van der Waals surface area contributed by atoms with Crippen LogP contribution in [0.4, 0.5) is 11.5 Å². The molecule has 0 atom stereocenters. The van der Waals surface area contributed by atoms with Gasteiger partial charge in [-0.2, -0.15) is 5.10 Å². The number of aromatic nitrogens is 2. The maximum atomic E-state index is 13.3. The third kappa shape index (κ3) is 3.51. The minimum absolute atomic E-state index is 0.0100. The van der Waals surface area contributed by atoms with Gasteiger partial charge in [-0.3, -0.25) is 8.99 Å². The van der Waals surface area contributed by atoms with Gasteiger partial charge in [-0.05, 0) is 24.6 Å². The van der Waals surface area contributed by atoms with Gasteiger partial charge in [-0.25, -0.2) is 8.42 Å². The van der Waals surface area contributed by atoms with Crippen LogP contribution in [0.25, 0.3) is 0 Å². The Kier molecular flexibility index (Phi) is 4.76. The standard InChI is InChI=1S/C18H20N4O2S/c1-2-21-14-17(18(19)20-21)25(23,24)22(16-11-7-4-8-12-16)13-15-9-5-3-6-10-15/h3-12,14H,2,13H2,1H3,(H2,19,20). The largest absolute Gasteiger partial charge is 0.381 e. The minimum atomic E-state index is -3.85. The highest BCUT2D eigenvalue weighted by Gasteiger charge is 2.29. The van der Waals surface area contributed by atoms with Gasteiger partial charge < -0.3 is 5.73 Å². The molecule has 0 bridgehead atoms. The lowest BCUT2D eigenvalue weighted by atomic mass is 10.2. The van der Waals surface area contributed by atoms with Gasteiger partial charge in [0.05, 0.1) is 12.2 Å². The number of nitrogen functional groups attached to an aromatic ring is 1. The zero-order valence-corrected chi connectivity index (χ0v) is 14.7. The van der Waals surface area contributed by atoms with Crippen LogP contribution in [0.5, 0.6) is 0 Å². The molecule has 3 aromatic rings. The monoisotopic (exact) mass is 356 g/mol. The van der Waals surface area contributed by atoms with E-state index in [-0.39, 0.29) is 17.3 Å². The van der Waals surface area contributed by atoms with Crippen LogP contribution in [-0.2, 0) is 23.1 Å². The van der Waals surface area contributed by atoms with E-state index in [4.69, 9.17) is 5.73 Å². The highest BCUT2D eigenvalue weighted by Crippen LogP contribution is 2.28. The molecule has 0 saturated heterocycles. The van der Waals surface area contributed by atoms with Crippen molar-refractivity contribution >= 4 is 21.5 Å². The molecule has 0 spiro atoms. The summed E-state index contributed by atoms with van der Waals surface area (Å²) in [6, 6.07) is 18.4. The maximum absolute atomic E-state index is 13.3. The first-order chi connectivity index (χ1) is 12.0. The lowest BCUT2D eigenvalue weighted by Gasteiger charge is -2.24. The van der Waals surface area contributed by atoms with Crippen molar-refractivity contribution < 1.29 is 8.42 Å². The highest BCUT2D eigenvalue weighted by atomic mass is 32.2. The fourth-order valence-electron chi connectivity index (χ4n) is 2.56. The predicted octanol–water partition coefficient (Wildman–Crippen LogP) is 2.88. The van der Waals surface area contributed by atoms with E-state index < -0.39 is 10.0 Å². The van der Waals surface area contributed by atoms with Crippen LogP contribution in [0, 0.1) is 0 Å². The van der Waals surface area contributed by atoms with Gasteiger partial charge in [0.25, 0.3) is 10.0 Å². The number of anilines is 2. The van der Waals surface area contributed by atoms with Gasteiger partial charge in [-0.15, -0.1) is 0 Å². The second-order valence-electron chi connectivity index (χ2n) is 5.57. The molecular weight excluding hydrogens is 336 g/mol. The highest BCUT2D eigenvalue weighted by molar-refractivity contribution is 7.93. The third-order valence-corrected chi connectivity index (χ3v) is 5.65. The van der Waals surface area contributed by atoms with Crippen LogP contribution in [0.3, 0.4) is 0 Å². The summed E-state index contributed by atoms with van der Waals surface area (Å²) in [6.45, 7) is 2.63. The fraction of sp³-hybridized carbons (Fsp3) is 0.167. The Hall–Kier alpha value is -2.80. The quantitative estimate of drug-likeness (QED) is 0.736. The summed E-state index contributed by atoms with van der Waals surface area (Å²) in [7, 11) is -3.85. The molecule has 7 heteroatoms. The number of nitrogens with zero attached hydrogens (tertiary/aromatic N) is 3. The number of para-hydroxylation sites is 1. The molecule has 0 saturated carbocycles. The van der Waals surface area contributed by atoms with E-state index in [9.17, 15) is 8.42 Å². The van der Waals surface area contributed by atoms with Crippen molar-refractivity contribution in [1.82, 2.24) is 9.78 Å². The van der Waals surface area contributed by atoms with Crippen molar-refractivity contribution in [2.45, 2.75) is 24.9 Å². The molecule has 1 heterocycles. The van der Waals surface area contributed by atoms with Crippen molar-refractivity contribution in [2.75, 3.05) is 10.0 Å². The van der Waals surface area contributed by atoms with Gasteiger partial charge in [-0.1, -0.05) is 48.5 Å². The Morgan fingerprint density at radius 2 is 1.64 bits per heavy atom. The SMILES string of the molecule is CCn1cc(S(=O)(=O)N(Cc2ccccc2)c2ccccc2)c(N)n1. The molecule has 0 aliphatic heterocycles. The molecule has 2 aromatic carbocycles. The Morgan fingerprint density at radius 3 is 2.20 bits per heavy atom. The number of hydrogen-bond acceptors (Lipinski definition) is 4. The van der Waals surface area contributed by atoms with E-state index >= 15 is 0 Å². The van der Waals surface area contributed by atoms with Crippen LogP contribution in [0.1, 0.15) is 12.5 Å². The number of rotatable bonds is 6. The van der Waals surface area contributed by atoms with Crippen molar-refractivity contribution in [3.05, 3.63) is 72.4 Å². The summed E-state index contributed by atoms with van der Waals surface area (Å²) in [5.74, 6) is 0.0100. The average molecular weight is 356 g/mol. The number of sulfonamides is 1. The first-order valence-electron chi connectivity index (χ1n) is 7.97. The van der Waals surface area contributed by atoms with Crippen LogP contribution in [-0.4, -0.2) is 18.2 Å². The number of benzene rings is 2. The summed E-state index contributed by atoms with van der Waals surface area (Å²) in [4.78, 5) is 0.0223. The molecule has 25 heavy (non-hydrogen) atoms. The van der Waals surface area contributed by atoms with E-state index in [1.807, 2.05) is 55.5 Å². The second-order valence-corrected chi connectivity index (χ2v) is 7.40. The first-order valence-corrected chi connectivity index (χ1v) is 9.41. The van der Waals surface area contributed by atoms with Crippen molar-refractivity contribution in [3.63, 3.8) is 0 Å². The number of nitrogens with two attached hydrogens (primary N) is 1. The van der Waals surface area contributed by atoms with E-state index in [2.05, 4.69) is 5.10 Å². The summed E-state index contributed by atoms with van der Waals surface area (Å²) >= 11 is 0. The third-order valence-electron chi connectivity index (χ3n) is 3.86. The Morgan fingerprint density at radius 1 is 1.04 bits per heavy atom. The van der Waals surface area contributed by atoms with Crippen LogP contribution in [0.15, 0.2) is 71.8 Å². The van der Waals surface area contributed by atoms with Crippen molar-refractivity contribution in [3.8, 4) is 0 Å². The topological polar surface area (TPSA) is 81.2 Å². The maximum Gasteiger partial charge on any atom is 0.269 e. The molecule has 0 unspecified atom stereocenters. The van der Waals surface area contributed by atoms with Crippen LogP contribution in [0.2, 0.25) is 0 Å². The zero-order chi connectivity index (χ0) is 17.9. The molecule has 0 fully saturated rings. The summed E-state index contributed by atoms with van der Waals surface area (Å²) in [5, 5.41) is 4.07. The Bertz CT molecular complexity index is 938. The second kappa shape index (κ2) is 6.98. The zero-order valence-electron chi connectivity index (χ0n) is 13.9. The molecule has 0 aliphatic rings. The Labute approximate surface area is 147 Å². The van der Waals surface area contributed by atoms with E-state index in [0.29, 0.717) is 12.2 Å². The lowest BCUT2D eigenvalue weighted by molar-refractivity contribution is 0.590. The van der Waals surface area contributed by atoms with Crippen molar-refractivity contribution in [1.29, 1.82) is 0 Å². The minimum Gasteiger partial charge on any atom is -0.381 e. The molecule has 2 N–H and O–H groups in total. The summed E-state index contributed by atoms with van der Waals surface area (Å²) in [6.07, 6.45) is 1.48. The molecule has 130 valence electrons. The van der Waals surface area contributed by atoms with E-state index in [1.165, 1.54) is 15.2 Å². The predicted molar refractivity (Wildman–Crippen MR) is 98.6 cm³/mol. The van der Waals surface area contributed by atoms with E-state index in [0.717, 1.165) is 5.56 Å². The van der Waals surface area contributed by atoms with Crippen LogP contribution < -0.4 is 10.0 Å². The molecule has 0 amide bonds. The molecule has 0 aliphatic carbocycles. The molecular formula is C18H20N4O2S. The number of hydrogen-bond donors (Lipinski definition) is 1. The van der Waals surface area contributed by atoms with Gasteiger partial charge in [0, 0.05) is 12.7 Å². The molecule has 1 aromatic heterocycles. The van der Waals surface area contributed by atoms with Crippen molar-refractivity contribution in [2.24, 2.45) is 0 Å². The van der Waals surface area contributed by atoms with Gasteiger partial charge in [0.15, 0.2) is 5.82 Å². The summed E-state index contributed by atoms with van der Waals surface area (Å²) in [5.41, 5.74) is 7.34. The Balaban J connectivity index is 2.08. The van der Waals surface area contributed by atoms with Gasteiger partial charge >= 0.3 is 0 Å². The first kappa shape index (κ1) is 17.0.